The molecule has 2 N–H and O–H groups in total. The molecule has 1 aromatic carbocycles. The zero-order chi connectivity index (χ0) is 16.3. The van der Waals surface area contributed by atoms with Crippen LogP contribution in [0.25, 0.3) is 0 Å². The number of rotatable bonds is 1. The molecule has 2 aliphatic rings. The van der Waals surface area contributed by atoms with Crippen molar-refractivity contribution in [3.63, 3.8) is 0 Å². The van der Waals surface area contributed by atoms with E-state index >= 15 is 0 Å². The van der Waals surface area contributed by atoms with Crippen LogP contribution in [-0.4, -0.2) is 24.4 Å². The van der Waals surface area contributed by atoms with E-state index in [1.165, 1.54) is 19.1 Å². The lowest BCUT2D eigenvalue weighted by Gasteiger charge is -2.48. The Morgan fingerprint density at radius 1 is 1.36 bits per heavy atom. The number of aliphatic imine (C=N–C) groups is 1. The quantitative estimate of drug-likeness (QED) is 0.806. The largest absolute Gasteiger partial charge is 0.399 e. The Hall–Kier alpha value is -1.50. The number of hydrogen-bond acceptors (Lipinski definition) is 4. The minimum absolute atomic E-state index is 0.128. The molecular formula is C15H18F2N2O2S. The van der Waals surface area contributed by atoms with Crippen LogP contribution in [0.3, 0.4) is 0 Å². The predicted octanol–water partition coefficient (Wildman–Crippen LogP) is 2.73. The summed E-state index contributed by atoms with van der Waals surface area (Å²) in [6, 6.07) is 3.71. The van der Waals surface area contributed by atoms with E-state index in [2.05, 4.69) is 4.99 Å². The van der Waals surface area contributed by atoms with Crippen molar-refractivity contribution in [3.05, 3.63) is 29.6 Å². The summed E-state index contributed by atoms with van der Waals surface area (Å²) in [6.45, 7) is 2.90. The van der Waals surface area contributed by atoms with E-state index in [-0.39, 0.29) is 11.3 Å². The molecule has 1 aliphatic carbocycles. The second kappa shape index (κ2) is 4.50. The molecule has 1 aliphatic heterocycles. The van der Waals surface area contributed by atoms with Crippen molar-refractivity contribution in [2.24, 2.45) is 4.99 Å². The fourth-order valence-corrected chi connectivity index (χ4v) is 5.96. The van der Waals surface area contributed by atoms with Crippen LogP contribution in [0, 0.1) is 5.82 Å². The highest BCUT2D eigenvalue weighted by molar-refractivity contribution is 7.94. The molecule has 1 heterocycles. The monoisotopic (exact) mass is 328 g/mol. The maximum absolute atomic E-state index is 15.0. The summed E-state index contributed by atoms with van der Waals surface area (Å²) in [5, 5.41) is 0. The Labute approximate surface area is 128 Å². The molecule has 3 rings (SSSR count). The Balaban J connectivity index is 2.25. The van der Waals surface area contributed by atoms with Gasteiger partial charge in [-0.05, 0) is 51.3 Å². The highest BCUT2D eigenvalue weighted by atomic mass is 32.2. The number of nitrogens with zero attached hydrogens (tertiary/aromatic N) is 1. The summed E-state index contributed by atoms with van der Waals surface area (Å²) in [6.07, 6.45) is 1.48. The Morgan fingerprint density at radius 2 is 2.00 bits per heavy atom. The third-order valence-electron chi connectivity index (χ3n) is 5.02. The van der Waals surface area contributed by atoms with Gasteiger partial charge in [0.25, 0.3) is 0 Å². The number of hydrogen-bond donors (Lipinski definition) is 1. The maximum atomic E-state index is 15.0. The van der Waals surface area contributed by atoms with E-state index in [1.807, 2.05) is 0 Å². The number of nitrogen functional groups attached to an aromatic ring is 1. The molecule has 0 bridgehead atoms. The van der Waals surface area contributed by atoms with Gasteiger partial charge in [-0.3, -0.25) is 4.99 Å². The third kappa shape index (κ3) is 1.71. The Morgan fingerprint density at radius 3 is 2.55 bits per heavy atom. The molecule has 1 saturated carbocycles. The van der Waals surface area contributed by atoms with E-state index in [1.54, 1.807) is 6.92 Å². The Bertz CT molecular complexity index is 772. The van der Waals surface area contributed by atoms with E-state index in [9.17, 15) is 17.2 Å². The molecule has 0 saturated heterocycles. The fraction of sp³-hybridized carbons (Fsp3) is 0.533. The first-order valence-electron chi connectivity index (χ1n) is 7.15. The molecular weight excluding hydrogens is 310 g/mol. The lowest BCUT2D eigenvalue weighted by Crippen LogP contribution is -2.61. The van der Waals surface area contributed by atoms with Crippen molar-refractivity contribution in [1.82, 2.24) is 0 Å². The minimum Gasteiger partial charge on any atom is -0.399 e. The zero-order valence-corrected chi connectivity index (χ0v) is 13.3. The second-order valence-electron chi connectivity index (χ2n) is 6.29. The molecule has 0 aromatic heterocycles. The van der Waals surface area contributed by atoms with Crippen LogP contribution >= 0.6 is 0 Å². The van der Waals surface area contributed by atoms with Crippen LogP contribution in [0.5, 0.6) is 0 Å². The smallest absolute Gasteiger partial charge is 0.230 e. The van der Waals surface area contributed by atoms with Crippen molar-refractivity contribution in [3.8, 4) is 0 Å². The number of benzene rings is 1. The molecule has 2 atom stereocenters. The van der Waals surface area contributed by atoms with Crippen LogP contribution in [-0.2, 0) is 15.4 Å². The van der Waals surface area contributed by atoms with Crippen molar-refractivity contribution < 1.29 is 17.2 Å². The van der Waals surface area contributed by atoms with Crippen LogP contribution in [0.4, 0.5) is 14.5 Å². The summed E-state index contributed by atoms with van der Waals surface area (Å²) in [7, 11) is -4.10. The molecule has 0 unspecified atom stereocenters. The zero-order valence-electron chi connectivity index (χ0n) is 12.4. The van der Waals surface area contributed by atoms with Crippen LogP contribution in [0.1, 0.15) is 38.7 Å². The minimum atomic E-state index is -4.10. The van der Waals surface area contributed by atoms with Crippen molar-refractivity contribution in [1.29, 1.82) is 0 Å². The normalized spacial score (nSPS) is 32.4. The first-order valence-corrected chi connectivity index (χ1v) is 8.70. The van der Waals surface area contributed by atoms with Crippen molar-refractivity contribution in [2.75, 3.05) is 5.73 Å². The van der Waals surface area contributed by atoms with Gasteiger partial charge in [-0.2, -0.15) is 0 Å². The number of sulfone groups is 1. The average molecular weight is 328 g/mol. The third-order valence-corrected chi connectivity index (χ3v) is 7.81. The summed E-state index contributed by atoms with van der Waals surface area (Å²) >= 11 is 0. The lowest BCUT2D eigenvalue weighted by molar-refractivity contribution is 0.253. The van der Waals surface area contributed by atoms with Gasteiger partial charge in [0.1, 0.15) is 16.1 Å². The van der Waals surface area contributed by atoms with Gasteiger partial charge >= 0.3 is 0 Å². The molecule has 0 amide bonds. The molecule has 1 fully saturated rings. The summed E-state index contributed by atoms with van der Waals surface area (Å²) in [5.74, 6) is -0.712. The predicted molar refractivity (Wildman–Crippen MR) is 81.7 cm³/mol. The molecule has 0 radical (unpaired) electrons. The van der Waals surface area contributed by atoms with Gasteiger partial charge in [0.05, 0.1) is 0 Å². The molecule has 4 nitrogen and oxygen atoms in total. The number of alkyl halides is 1. The van der Waals surface area contributed by atoms with Crippen molar-refractivity contribution >= 4 is 21.2 Å². The van der Waals surface area contributed by atoms with Crippen LogP contribution in [0.2, 0.25) is 0 Å². The SMILES string of the molecule is CC1=N[C@](C)(c2cc(N)ccc2F)[C@@H](F)S(=O)(=O)C12CCC2. The van der Waals surface area contributed by atoms with Crippen LogP contribution in [0.15, 0.2) is 23.2 Å². The van der Waals surface area contributed by atoms with Gasteiger partial charge in [-0.1, -0.05) is 0 Å². The van der Waals surface area contributed by atoms with Gasteiger partial charge in [-0.15, -0.1) is 0 Å². The summed E-state index contributed by atoms with van der Waals surface area (Å²) < 4.78 is 53.3. The summed E-state index contributed by atoms with van der Waals surface area (Å²) in [5.41, 5.74) is 2.00. The van der Waals surface area contributed by atoms with Gasteiger partial charge in [0.2, 0.25) is 5.50 Å². The molecule has 1 spiro atoms. The van der Waals surface area contributed by atoms with Gasteiger partial charge < -0.3 is 5.73 Å². The lowest BCUT2D eigenvalue weighted by atomic mass is 9.79. The molecule has 1 aromatic rings. The second-order valence-corrected chi connectivity index (χ2v) is 8.58. The highest BCUT2D eigenvalue weighted by Gasteiger charge is 2.63. The van der Waals surface area contributed by atoms with Gasteiger partial charge in [0, 0.05) is 17.0 Å². The Kier molecular flexibility index (Phi) is 3.15. The molecule has 120 valence electrons. The molecule has 22 heavy (non-hydrogen) atoms. The van der Waals surface area contributed by atoms with E-state index in [0.29, 0.717) is 18.6 Å². The topological polar surface area (TPSA) is 72.5 Å². The average Bonchev–Trinajstić information content (AvgIpc) is 2.37. The van der Waals surface area contributed by atoms with E-state index in [4.69, 9.17) is 5.73 Å². The number of halogens is 2. The first-order chi connectivity index (χ1) is 10.1. The standard InChI is InChI=1S/C15H18F2N2O2S/c1-9-15(6-3-7-15)22(20,21)13(17)14(2,19-9)11-8-10(18)4-5-12(11)16/h4-5,8,13H,3,6-7,18H2,1-2H3/t13-,14+/m0/s1. The maximum Gasteiger partial charge on any atom is 0.230 e. The van der Waals surface area contributed by atoms with Gasteiger partial charge in [0.15, 0.2) is 9.84 Å². The summed E-state index contributed by atoms with van der Waals surface area (Å²) in [4.78, 5) is 4.31. The fourth-order valence-electron chi connectivity index (χ4n) is 3.46. The highest BCUT2D eigenvalue weighted by Crippen LogP contribution is 2.51. The molecule has 7 heteroatoms. The van der Waals surface area contributed by atoms with Crippen LogP contribution < -0.4 is 5.73 Å². The van der Waals surface area contributed by atoms with E-state index in [0.717, 1.165) is 12.5 Å². The van der Waals surface area contributed by atoms with Gasteiger partial charge in [-0.25, -0.2) is 17.2 Å². The van der Waals surface area contributed by atoms with E-state index < -0.39 is 31.4 Å². The van der Waals surface area contributed by atoms with Crippen molar-refractivity contribution in [2.45, 2.75) is 48.9 Å². The first kappa shape index (κ1) is 15.4. The number of nitrogens with two attached hydrogens (primary N) is 1. The number of anilines is 1.